The minimum absolute atomic E-state index is 0.0284. The van der Waals surface area contributed by atoms with Crippen molar-refractivity contribution >= 4 is 94.7 Å². The number of nitrogens with zero attached hydrogens (tertiary/aromatic N) is 2. The number of allylic oxidation sites excluding steroid dienone is 1. The van der Waals surface area contributed by atoms with Crippen LogP contribution in [-0.2, 0) is 76.7 Å². The molecule has 3 fully saturated rings. The highest BCUT2D eigenvalue weighted by atomic mass is 16.4. The number of nitrogens with two attached hydrogens (primary N) is 2. The third-order valence-corrected chi connectivity index (χ3v) is 15.8. The second-order valence-electron chi connectivity index (χ2n) is 24.3. The lowest BCUT2D eigenvalue weighted by Gasteiger charge is -2.39. The van der Waals surface area contributed by atoms with Crippen LogP contribution >= 0.6 is 0 Å². The number of fused-ring (bicyclic) bond motifs is 2. The van der Waals surface area contributed by atoms with E-state index in [9.17, 15) is 87.2 Å². The van der Waals surface area contributed by atoms with Crippen molar-refractivity contribution in [2.24, 2.45) is 29.2 Å². The fourth-order valence-electron chi connectivity index (χ4n) is 10.6. The lowest BCUT2D eigenvalue weighted by Crippen LogP contribution is -2.66. The number of nitrogens with one attached hydrogen (secondary N) is 10. The highest BCUT2D eigenvalue weighted by Gasteiger charge is 2.45. The van der Waals surface area contributed by atoms with E-state index in [2.05, 4.69) is 56.4 Å². The van der Waals surface area contributed by atoms with E-state index >= 15 is 4.79 Å². The van der Waals surface area contributed by atoms with Crippen LogP contribution in [0.2, 0.25) is 0 Å². The van der Waals surface area contributed by atoms with Gasteiger partial charge in [0.2, 0.25) is 76.8 Å². The molecule has 33 nitrogen and oxygen atoms in total. The fourth-order valence-corrected chi connectivity index (χ4v) is 10.6. The predicted octanol–water partition coefficient (Wildman–Crippen LogP) is -3.62. The van der Waals surface area contributed by atoms with E-state index in [1.165, 1.54) is 18.7 Å². The molecule has 3 aliphatic heterocycles. The van der Waals surface area contributed by atoms with Crippen molar-refractivity contribution in [1.29, 1.82) is 0 Å². The minimum atomic E-state index is -2.13. The van der Waals surface area contributed by atoms with E-state index in [0.29, 0.717) is 12.3 Å². The molecule has 3 aliphatic rings. The maximum Gasteiger partial charge on any atom is 0.308 e. The number of aliphatic carboxylic acids is 3. The molecule has 0 aromatic heterocycles. The third kappa shape index (κ3) is 25.5. The fraction of sp³-hybridized carbons (Fsp3) is 0.695. The number of carboxylic acid groups (broad SMARTS) is 3. The maximum absolute atomic E-state index is 15.2. The van der Waals surface area contributed by atoms with E-state index in [-0.39, 0.29) is 51.6 Å². The largest absolute Gasteiger partial charge is 0.481 e. The minimum Gasteiger partial charge on any atom is -0.481 e. The Morgan fingerprint density at radius 3 is 1.68 bits per heavy atom. The van der Waals surface area contributed by atoms with Crippen molar-refractivity contribution in [2.75, 3.05) is 26.2 Å². The molecule has 17 N–H and O–H groups in total. The molecule has 12 atom stereocenters. The molecule has 0 saturated carbocycles. The maximum atomic E-state index is 15.2. The molecule has 3 heterocycles. The summed E-state index contributed by atoms with van der Waals surface area (Å²) in [6.07, 6.45) is 7.71. The Balaban J connectivity index is 2.16. The van der Waals surface area contributed by atoms with Crippen molar-refractivity contribution < 1.29 is 92.0 Å². The van der Waals surface area contributed by atoms with Crippen LogP contribution in [0.1, 0.15) is 151 Å². The molecule has 0 aromatic rings. The van der Waals surface area contributed by atoms with Crippen molar-refractivity contribution in [1.82, 2.24) is 63.0 Å². The number of hydrogen-bond acceptors (Lipinski definition) is 17. The molecular weight excluding hydrogens is 1210 g/mol. The number of rotatable bonds is 23. The third-order valence-electron chi connectivity index (χ3n) is 15.8. The predicted molar refractivity (Wildman–Crippen MR) is 326 cm³/mol. The van der Waals surface area contributed by atoms with Crippen molar-refractivity contribution in [2.45, 2.75) is 218 Å². The van der Waals surface area contributed by atoms with Gasteiger partial charge < -0.3 is 89.8 Å². The van der Waals surface area contributed by atoms with E-state index in [1.807, 2.05) is 16.7 Å². The lowest BCUT2D eigenvalue weighted by molar-refractivity contribution is -0.149. The van der Waals surface area contributed by atoms with Crippen LogP contribution in [0.3, 0.4) is 0 Å². The number of carbonyl (C=O) groups excluding carboxylic acids is 13. The van der Waals surface area contributed by atoms with E-state index in [1.54, 1.807) is 19.9 Å². The highest BCUT2D eigenvalue weighted by molar-refractivity contribution is 6.01. The summed E-state index contributed by atoms with van der Waals surface area (Å²) in [6.45, 7) is 8.81. The topological polar surface area (TPSA) is 513 Å². The van der Waals surface area contributed by atoms with Crippen LogP contribution in [0, 0.1) is 17.8 Å². The molecular formula is C59H94N14O19. The molecule has 514 valence electrons. The second-order valence-corrected chi connectivity index (χ2v) is 24.3. The first-order valence-electron chi connectivity index (χ1n) is 31.2. The smallest absolute Gasteiger partial charge is 0.308 e. The Morgan fingerprint density at radius 1 is 0.598 bits per heavy atom. The summed E-state index contributed by atoms with van der Waals surface area (Å²) in [5.41, 5.74) is 11.7. The number of carboxylic acids is 3. The number of amides is 13. The number of primary amides is 1. The molecule has 0 aromatic carbocycles. The average Bonchev–Trinajstić information content (AvgIpc) is 1.26. The second kappa shape index (κ2) is 38.2. The normalized spacial score (nSPS) is 25.2. The quantitative estimate of drug-likeness (QED) is 0.0347. The van der Waals surface area contributed by atoms with Gasteiger partial charge >= 0.3 is 17.9 Å². The molecule has 0 radical (unpaired) electrons. The zero-order chi connectivity index (χ0) is 69.1. The van der Waals surface area contributed by atoms with Crippen LogP contribution < -0.4 is 64.6 Å². The summed E-state index contributed by atoms with van der Waals surface area (Å²) in [4.78, 5) is 219. The summed E-state index contributed by atoms with van der Waals surface area (Å²) >= 11 is 0. The van der Waals surface area contributed by atoms with Crippen molar-refractivity contribution in [3.63, 3.8) is 0 Å². The Labute approximate surface area is 533 Å². The van der Waals surface area contributed by atoms with Gasteiger partial charge in [0, 0.05) is 25.6 Å². The number of unbranched alkanes of at least 4 members (excludes halogenated alkanes) is 5. The van der Waals surface area contributed by atoms with E-state index < -0.39 is 205 Å². The van der Waals surface area contributed by atoms with Crippen LogP contribution in [0.5, 0.6) is 0 Å². The monoisotopic (exact) mass is 1300 g/mol. The van der Waals surface area contributed by atoms with Crippen LogP contribution in [-0.4, -0.2) is 212 Å². The van der Waals surface area contributed by atoms with Gasteiger partial charge in [0.05, 0.1) is 44.3 Å². The van der Waals surface area contributed by atoms with Gasteiger partial charge in [0.1, 0.15) is 54.4 Å². The van der Waals surface area contributed by atoms with Crippen LogP contribution in [0.15, 0.2) is 12.2 Å². The number of hydrogen-bond donors (Lipinski definition) is 15. The lowest BCUT2D eigenvalue weighted by atomic mass is 9.96. The molecule has 3 rings (SSSR count). The first-order chi connectivity index (χ1) is 43.2. The number of carbonyl (C=O) groups is 16. The molecule has 0 bridgehead atoms. The van der Waals surface area contributed by atoms with Gasteiger partial charge in [-0.1, -0.05) is 72.0 Å². The van der Waals surface area contributed by atoms with Gasteiger partial charge in [-0.05, 0) is 77.6 Å². The Bertz CT molecular complexity index is 2720. The molecule has 3 saturated heterocycles. The van der Waals surface area contributed by atoms with Crippen LogP contribution in [0.25, 0.3) is 0 Å². The van der Waals surface area contributed by atoms with Crippen molar-refractivity contribution in [3.8, 4) is 0 Å². The van der Waals surface area contributed by atoms with Crippen LogP contribution in [0.4, 0.5) is 0 Å². The molecule has 13 amide bonds. The molecule has 33 heteroatoms. The summed E-state index contributed by atoms with van der Waals surface area (Å²) < 4.78 is 0. The van der Waals surface area contributed by atoms with Gasteiger partial charge in [-0.3, -0.25) is 76.7 Å². The molecule has 92 heavy (non-hydrogen) atoms. The van der Waals surface area contributed by atoms with Gasteiger partial charge in [-0.25, -0.2) is 0 Å². The standard InChI is InChI=1S/C59H94N14O19/c1-30(2)19-14-12-10-8-9-11-13-15-22-41(75)65-35(25-40(61)74)52(84)71-49-34(7)64-53(85)39-21-18-24-73(39)57(89)46(31(3)4)69-56(88)48(33(6)60)68-43(77)29-63-50(82)36(26-44(78)79)66-42(76)28-62-51(83)37(27-45(80)81)67-55(87)47(32(5)59(91)92)70-54(86)38-20-16-17-23-72(38)58(49)90/h13,15,30-39,46-49H,8-12,14,16-29,60H2,1-7H3,(H2,61,74)(H,62,83)(H,63,82)(H,64,85)(H,65,75)(H,66,76)(H,67,87)(H,68,77)(H,69,88)(H,70,86)(H,71,84)(H,78,79)(H,80,81)(H,91,92)/b15-13-/t32-,33+,34+,35-,36-,37-,38+,39-,46+,47-,48+,49-/m0/s1. The Kier molecular flexibility index (Phi) is 32.1. The van der Waals surface area contributed by atoms with Gasteiger partial charge in [0.15, 0.2) is 0 Å². The van der Waals surface area contributed by atoms with E-state index in [0.717, 1.165) is 50.3 Å². The zero-order valence-electron chi connectivity index (χ0n) is 53.3. The summed E-state index contributed by atoms with van der Waals surface area (Å²) in [7, 11) is 0. The summed E-state index contributed by atoms with van der Waals surface area (Å²) in [5.74, 6) is -21.1. The number of piperidine rings is 1. The summed E-state index contributed by atoms with van der Waals surface area (Å²) in [5, 5.41) is 52.6. The summed E-state index contributed by atoms with van der Waals surface area (Å²) in [6, 6.07) is -18.3. The van der Waals surface area contributed by atoms with E-state index in [4.69, 9.17) is 11.5 Å². The highest BCUT2D eigenvalue weighted by Crippen LogP contribution is 2.24. The Morgan fingerprint density at radius 2 is 1.12 bits per heavy atom. The van der Waals surface area contributed by atoms with Gasteiger partial charge in [-0.15, -0.1) is 0 Å². The van der Waals surface area contributed by atoms with Crippen molar-refractivity contribution in [3.05, 3.63) is 12.2 Å². The first kappa shape index (κ1) is 77.5. The van der Waals surface area contributed by atoms with Gasteiger partial charge in [0.25, 0.3) is 0 Å². The SMILES string of the molecule is CC(C)CCCCCCC/C=C\CC(=O)N[C@@H](CC(N)=O)C(=O)N[C@@H]1C(=O)N2CCCC[C@@H]2C(=O)N[C@@H]([C@H](C)C(=O)O)C(=O)N[C@@H](CC(=O)O)C(=O)NCC(=O)N[C@@H](CC(=O)O)C(=O)NCC(=O)N[C@H]([C@@H](C)N)C(=O)N[C@H](C(C)C)C(=O)N2CCC[C@H]2C(=O)N[C@@H]1C. The zero-order valence-corrected chi connectivity index (χ0v) is 53.3. The Hall–Kier alpha value is -8.78. The molecule has 0 unspecified atom stereocenters. The average molecular weight is 1300 g/mol. The van der Waals surface area contributed by atoms with Gasteiger partial charge in [-0.2, -0.15) is 0 Å². The first-order valence-corrected chi connectivity index (χ1v) is 31.2. The molecule has 0 spiro atoms. The molecule has 0 aliphatic carbocycles.